The van der Waals surface area contributed by atoms with E-state index < -0.39 is 0 Å². The van der Waals surface area contributed by atoms with Crippen molar-refractivity contribution in [3.63, 3.8) is 0 Å². The monoisotopic (exact) mass is 285 g/mol. The molecule has 0 spiro atoms. The Morgan fingerprint density at radius 1 is 1.38 bits per heavy atom. The number of nitrogens with one attached hydrogen (secondary N) is 1. The number of aromatic nitrogens is 2. The van der Waals surface area contributed by atoms with Crippen LogP contribution in [0.25, 0.3) is 0 Å². The van der Waals surface area contributed by atoms with Gasteiger partial charge in [0.15, 0.2) is 5.78 Å². The summed E-state index contributed by atoms with van der Waals surface area (Å²) in [6, 6.07) is 5.77. The van der Waals surface area contributed by atoms with Crippen molar-refractivity contribution in [2.45, 2.75) is 25.8 Å². The van der Waals surface area contributed by atoms with Crippen molar-refractivity contribution in [3.8, 4) is 0 Å². The second kappa shape index (κ2) is 5.33. The summed E-state index contributed by atoms with van der Waals surface area (Å²) in [6.07, 6.45) is 5.66. The molecule has 2 aromatic heterocycles. The number of hydrogen-bond acceptors (Lipinski definition) is 3. The highest BCUT2D eigenvalue weighted by Crippen LogP contribution is 2.24. The molecular formula is C16H19N3O2. The first-order valence-corrected chi connectivity index (χ1v) is 7.20. The minimum atomic E-state index is -0.0984. The van der Waals surface area contributed by atoms with E-state index in [1.807, 2.05) is 12.1 Å². The Kier molecular flexibility index (Phi) is 3.51. The highest BCUT2D eigenvalue weighted by Gasteiger charge is 2.23. The fourth-order valence-electron chi connectivity index (χ4n) is 2.89. The summed E-state index contributed by atoms with van der Waals surface area (Å²) in [4.78, 5) is 24.2. The minimum absolute atomic E-state index is 0.0326. The van der Waals surface area contributed by atoms with Crippen LogP contribution in [0.3, 0.4) is 0 Å². The first kappa shape index (κ1) is 13.8. The zero-order chi connectivity index (χ0) is 15.0. The lowest BCUT2D eigenvalue weighted by atomic mass is 10.1. The normalized spacial score (nSPS) is 18.1. The van der Waals surface area contributed by atoms with Crippen LogP contribution < -0.4 is 5.32 Å². The lowest BCUT2D eigenvalue weighted by Gasteiger charge is -2.14. The molecule has 0 saturated carbocycles. The van der Waals surface area contributed by atoms with Crippen LogP contribution in [0.15, 0.2) is 30.6 Å². The van der Waals surface area contributed by atoms with Crippen LogP contribution in [-0.4, -0.2) is 27.4 Å². The molecule has 2 aromatic rings. The fourth-order valence-corrected chi connectivity index (χ4v) is 2.89. The number of ketones is 1. The molecule has 3 rings (SSSR count). The van der Waals surface area contributed by atoms with Crippen molar-refractivity contribution in [1.29, 1.82) is 0 Å². The molecule has 5 heteroatoms. The Balaban J connectivity index is 1.95. The van der Waals surface area contributed by atoms with Crippen molar-refractivity contribution >= 4 is 11.7 Å². The standard InChI is InChI=1S/C16H19N3O2/c1-11(20)12-9-15(18(2)10-12)16(21)19-8-4-6-14(19)13-5-3-7-17-13/h4,6,8-10,13,17H,3,5,7H2,1-2H3/t13-/m0/s1. The van der Waals surface area contributed by atoms with Crippen LogP contribution in [0.4, 0.5) is 0 Å². The highest BCUT2D eigenvalue weighted by molar-refractivity contribution is 6.00. The van der Waals surface area contributed by atoms with E-state index in [0.29, 0.717) is 11.3 Å². The summed E-state index contributed by atoms with van der Waals surface area (Å²) in [7, 11) is 1.79. The number of Topliss-reactive ketones (excluding diaryl/α,β-unsaturated/α-hetero) is 1. The number of carbonyl (C=O) groups is 2. The average molecular weight is 285 g/mol. The maximum Gasteiger partial charge on any atom is 0.278 e. The van der Waals surface area contributed by atoms with Gasteiger partial charge in [0, 0.05) is 36.7 Å². The molecule has 0 aromatic carbocycles. The SMILES string of the molecule is CC(=O)c1cc(C(=O)n2cccc2[C@@H]2CCCN2)n(C)c1. The number of hydrogen-bond donors (Lipinski definition) is 1. The Labute approximate surface area is 123 Å². The molecule has 110 valence electrons. The first-order valence-electron chi connectivity index (χ1n) is 7.20. The van der Waals surface area contributed by atoms with Crippen LogP contribution >= 0.6 is 0 Å². The Hall–Kier alpha value is -2.14. The number of aryl methyl sites for hydroxylation is 1. The van der Waals surface area contributed by atoms with Gasteiger partial charge in [-0.1, -0.05) is 0 Å². The Morgan fingerprint density at radius 2 is 2.19 bits per heavy atom. The summed E-state index contributed by atoms with van der Waals surface area (Å²) < 4.78 is 3.40. The molecule has 1 saturated heterocycles. The first-order chi connectivity index (χ1) is 10.1. The van der Waals surface area contributed by atoms with Gasteiger partial charge in [0.1, 0.15) is 5.69 Å². The van der Waals surface area contributed by atoms with Gasteiger partial charge < -0.3 is 9.88 Å². The molecule has 5 nitrogen and oxygen atoms in total. The molecule has 3 heterocycles. The predicted octanol–water partition coefficient (Wildman–Crippen LogP) is 2.14. The van der Waals surface area contributed by atoms with Gasteiger partial charge in [-0.05, 0) is 44.5 Å². The molecule has 1 aliphatic rings. The van der Waals surface area contributed by atoms with Crippen LogP contribution in [0, 0.1) is 0 Å². The third-order valence-corrected chi connectivity index (χ3v) is 4.05. The fraction of sp³-hybridized carbons (Fsp3) is 0.375. The second-order valence-electron chi connectivity index (χ2n) is 5.54. The molecule has 0 amide bonds. The van der Waals surface area contributed by atoms with Gasteiger partial charge >= 0.3 is 0 Å². The van der Waals surface area contributed by atoms with E-state index in [-0.39, 0.29) is 17.7 Å². The molecule has 1 aliphatic heterocycles. The van der Waals surface area contributed by atoms with E-state index in [4.69, 9.17) is 0 Å². The number of rotatable bonds is 3. The smallest absolute Gasteiger partial charge is 0.278 e. The molecule has 0 unspecified atom stereocenters. The third kappa shape index (κ3) is 2.45. The summed E-state index contributed by atoms with van der Waals surface area (Å²) in [5.41, 5.74) is 2.08. The van der Waals surface area contributed by atoms with Crippen molar-refractivity contribution in [1.82, 2.24) is 14.5 Å². The molecule has 0 aliphatic carbocycles. The van der Waals surface area contributed by atoms with E-state index >= 15 is 0 Å². The summed E-state index contributed by atoms with van der Waals surface area (Å²) in [6.45, 7) is 2.50. The summed E-state index contributed by atoms with van der Waals surface area (Å²) in [5.74, 6) is -0.131. The van der Waals surface area contributed by atoms with Crippen LogP contribution in [0.1, 0.15) is 52.3 Å². The molecule has 0 bridgehead atoms. The number of carbonyl (C=O) groups excluding carboxylic acids is 2. The van der Waals surface area contributed by atoms with Crippen LogP contribution in [0.2, 0.25) is 0 Å². The van der Waals surface area contributed by atoms with E-state index in [0.717, 1.165) is 25.1 Å². The second-order valence-corrected chi connectivity index (χ2v) is 5.54. The van der Waals surface area contributed by atoms with Crippen LogP contribution in [0.5, 0.6) is 0 Å². The van der Waals surface area contributed by atoms with Gasteiger partial charge in [-0.15, -0.1) is 0 Å². The van der Waals surface area contributed by atoms with Crippen molar-refractivity contribution in [2.75, 3.05) is 6.54 Å². The Morgan fingerprint density at radius 3 is 2.81 bits per heavy atom. The van der Waals surface area contributed by atoms with Gasteiger partial charge in [0.05, 0.1) is 0 Å². The quantitative estimate of drug-likeness (QED) is 0.879. The van der Waals surface area contributed by atoms with Crippen molar-refractivity contribution < 1.29 is 9.59 Å². The molecule has 1 fully saturated rings. The third-order valence-electron chi connectivity index (χ3n) is 4.05. The minimum Gasteiger partial charge on any atom is -0.346 e. The molecule has 0 radical (unpaired) electrons. The average Bonchev–Trinajstić information content (AvgIpc) is 3.17. The topological polar surface area (TPSA) is 56.0 Å². The molecule has 21 heavy (non-hydrogen) atoms. The van der Waals surface area contributed by atoms with Gasteiger partial charge in [-0.2, -0.15) is 0 Å². The maximum absolute atomic E-state index is 12.7. The largest absolute Gasteiger partial charge is 0.346 e. The molecular weight excluding hydrogens is 266 g/mol. The zero-order valence-electron chi connectivity index (χ0n) is 12.3. The van der Waals surface area contributed by atoms with E-state index in [2.05, 4.69) is 5.32 Å². The van der Waals surface area contributed by atoms with Crippen LogP contribution in [-0.2, 0) is 7.05 Å². The van der Waals surface area contributed by atoms with Gasteiger partial charge in [-0.3, -0.25) is 14.2 Å². The maximum atomic E-state index is 12.7. The van der Waals surface area contributed by atoms with E-state index in [9.17, 15) is 9.59 Å². The molecule has 1 N–H and O–H groups in total. The van der Waals surface area contributed by atoms with Crippen molar-refractivity contribution in [2.24, 2.45) is 7.05 Å². The summed E-state index contributed by atoms with van der Waals surface area (Å²) >= 11 is 0. The van der Waals surface area contributed by atoms with Crippen molar-refractivity contribution in [3.05, 3.63) is 47.5 Å². The van der Waals surface area contributed by atoms with E-state index in [1.165, 1.54) is 6.92 Å². The lowest BCUT2D eigenvalue weighted by Crippen LogP contribution is -2.22. The Bertz CT molecular complexity index is 690. The van der Waals surface area contributed by atoms with Gasteiger partial charge in [0.25, 0.3) is 5.91 Å². The molecule has 1 atom stereocenters. The highest BCUT2D eigenvalue weighted by atomic mass is 16.2. The van der Waals surface area contributed by atoms with E-state index in [1.54, 1.807) is 34.6 Å². The predicted molar refractivity (Wildman–Crippen MR) is 79.6 cm³/mol. The zero-order valence-corrected chi connectivity index (χ0v) is 12.3. The number of nitrogens with zero attached hydrogens (tertiary/aromatic N) is 2. The summed E-state index contributed by atoms with van der Waals surface area (Å²) in [5, 5.41) is 3.41. The lowest BCUT2D eigenvalue weighted by molar-refractivity contribution is 0.0947. The van der Waals surface area contributed by atoms with Gasteiger partial charge in [-0.25, -0.2) is 0 Å². The van der Waals surface area contributed by atoms with Gasteiger partial charge in [0.2, 0.25) is 0 Å².